The molecule has 0 saturated carbocycles. The van der Waals surface area contributed by atoms with E-state index in [1.165, 1.54) is 0 Å². The van der Waals surface area contributed by atoms with Crippen molar-refractivity contribution in [3.8, 4) is 17.1 Å². The maximum Gasteiger partial charge on any atom is 0.227 e. The van der Waals surface area contributed by atoms with Crippen molar-refractivity contribution in [3.05, 3.63) is 59.5 Å². The minimum Gasteiger partial charge on any atom is -0.494 e. The number of ether oxygens (including phenoxy) is 1. The van der Waals surface area contributed by atoms with Gasteiger partial charge in [-0.05, 0) is 36.9 Å². The van der Waals surface area contributed by atoms with Crippen LogP contribution >= 0.6 is 11.6 Å². The number of aromatic nitrogens is 4. The molecule has 5 rings (SSSR count). The molecular weight excluding hydrogens is 452 g/mol. The normalized spacial score (nSPS) is 13.9. The molecule has 1 aliphatic heterocycles. The van der Waals surface area contributed by atoms with E-state index >= 15 is 0 Å². The number of rotatable bonds is 7. The molecule has 1 aliphatic rings. The molecule has 4 heterocycles. The number of imidazole rings is 1. The molecule has 10 heteroatoms. The quantitative estimate of drug-likeness (QED) is 0.421. The van der Waals surface area contributed by atoms with Crippen molar-refractivity contribution in [2.24, 2.45) is 0 Å². The van der Waals surface area contributed by atoms with Crippen LogP contribution in [0, 0.1) is 0 Å². The van der Waals surface area contributed by atoms with Crippen LogP contribution in [0.2, 0.25) is 5.02 Å². The third-order valence-corrected chi connectivity index (χ3v) is 6.07. The first-order valence-corrected chi connectivity index (χ1v) is 11.5. The van der Waals surface area contributed by atoms with Crippen LogP contribution in [0.3, 0.4) is 0 Å². The third-order valence-electron chi connectivity index (χ3n) is 5.80. The van der Waals surface area contributed by atoms with Crippen LogP contribution in [-0.4, -0.2) is 59.7 Å². The molecule has 0 bridgehead atoms. The van der Waals surface area contributed by atoms with Crippen LogP contribution in [0.1, 0.15) is 5.56 Å². The fourth-order valence-corrected chi connectivity index (χ4v) is 4.27. The molecule has 0 amide bonds. The minimum absolute atomic E-state index is 0.420. The predicted octanol–water partition coefficient (Wildman–Crippen LogP) is 3.34. The first kappa shape index (κ1) is 22.4. The summed E-state index contributed by atoms with van der Waals surface area (Å²) in [6.45, 7) is 4.30. The molecule has 0 spiro atoms. The van der Waals surface area contributed by atoms with Crippen molar-refractivity contribution in [2.75, 3.05) is 50.6 Å². The van der Waals surface area contributed by atoms with Crippen LogP contribution in [0.4, 0.5) is 17.3 Å². The fourth-order valence-electron chi connectivity index (χ4n) is 4.08. The van der Waals surface area contributed by atoms with Gasteiger partial charge in [0.15, 0.2) is 0 Å². The fraction of sp³-hybridized carbons (Fsp3) is 0.292. The SMILES string of the molecule is CNCc1ccn2c(-c3nc(Nc4ccc(N5CC[N]CC5)cc4OC)ncc3Cl)cnc2c1. The Balaban J connectivity index is 1.44. The summed E-state index contributed by atoms with van der Waals surface area (Å²) >= 11 is 6.50. The van der Waals surface area contributed by atoms with E-state index in [9.17, 15) is 0 Å². The van der Waals surface area contributed by atoms with E-state index < -0.39 is 0 Å². The van der Waals surface area contributed by atoms with Gasteiger partial charge in [0.05, 0.1) is 35.9 Å². The van der Waals surface area contributed by atoms with Gasteiger partial charge in [0.1, 0.15) is 17.1 Å². The highest BCUT2D eigenvalue weighted by atomic mass is 35.5. The van der Waals surface area contributed by atoms with Crippen molar-refractivity contribution < 1.29 is 4.74 Å². The van der Waals surface area contributed by atoms with Crippen LogP contribution in [0.15, 0.2) is 48.9 Å². The van der Waals surface area contributed by atoms with E-state index in [0.29, 0.717) is 22.4 Å². The maximum atomic E-state index is 6.50. The number of hydrogen-bond donors (Lipinski definition) is 2. The van der Waals surface area contributed by atoms with Crippen LogP contribution in [0.5, 0.6) is 5.75 Å². The molecule has 34 heavy (non-hydrogen) atoms. The van der Waals surface area contributed by atoms with Crippen molar-refractivity contribution >= 4 is 34.6 Å². The highest BCUT2D eigenvalue weighted by Gasteiger charge is 2.16. The number of piperazine rings is 1. The molecule has 0 aliphatic carbocycles. The summed E-state index contributed by atoms with van der Waals surface area (Å²) in [6, 6.07) is 10.2. The molecule has 175 valence electrons. The number of methoxy groups -OCH3 is 1. The average Bonchev–Trinajstić information content (AvgIpc) is 3.29. The van der Waals surface area contributed by atoms with Gasteiger partial charge in [0, 0.05) is 50.7 Å². The number of nitrogens with zero attached hydrogens (tertiary/aromatic N) is 6. The summed E-state index contributed by atoms with van der Waals surface area (Å²) < 4.78 is 7.62. The molecule has 1 fully saturated rings. The summed E-state index contributed by atoms with van der Waals surface area (Å²) in [4.78, 5) is 15.9. The smallest absolute Gasteiger partial charge is 0.227 e. The van der Waals surface area contributed by atoms with E-state index in [1.807, 2.05) is 41.9 Å². The van der Waals surface area contributed by atoms with Crippen molar-refractivity contribution in [1.29, 1.82) is 0 Å². The first-order valence-electron chi connectivity index (χ1n) is 11.1. The zero-order valence-corrected chi connectivity index (χ0v) is 19.9. The maximum absolute atomic E-state index is 6.50. The summed E-state index contributed by atoms with van der Waals surface area (Å²) in [5.74, 6) is 1.14. The number of nitrogens with one attached hydrogen (secondary N) is 2. The largest absolute Gasteiger partial charge is 0.494 e. The Bertz CT molecular complexity index is 1300. The lowest BCUT2D eigenvalue weighted by atomic mass is 10.2. The van der Waals surface area contributed by atoms with Crippen molar-refractivity contribution in [1.82, 2.24) is 30.0 Å². The number of hydrogen-bond acceptors (Lipinski definition) is 7. The lowest BCUT2D eigenvalue weighted by Crippen LogP contribution is -2.40. The number of pyridine rings is 1. The van der Waals surface area contributed by atoms with Crippen LogP contribution in [0.25, 0.3) is 17.0 Å². The van der Waals surface area contributed by atoms with Gasteiger partial charge < -0.3 is 20.3 Å². The van der Waals surface area contributed by atoms with Gasteiger partial charge in [-0.2, -0.15) is 0 Å². The van der Waals surface area contributed by atoms with Gasteiger partial charge in [-0.1, -0.05) is 11.6 Å². The standard InChI is InChI=1S/C24H26ClN8O/c1-26-13-16-5-8-33-20(15-28-22(33)11-16)23-18(25)14-29-24(31-23)30-19-4-3-17(12-21(19)34-2)32-9-6-27-7-10-32/h3-5,8,11-12,14-15,26H,6-7,9-10,13H2,1-2H3,(H,29,30,31). The summed E-state index contributed by atoms with van der Waals surface area (Å²) in [6.07, 6.45) is 5.35. The molecule has 0 atom stereocenters. The molecular formula is C24H26ClN8O. The van der Waals surface area contributed by atoms with Crippen LogP contribution < -0.4 is 25.6 Å². The van der Waals surface area contributed by atoms with Gasteiger partial charge in [-0.3, -0.25) is 4.40 Å². The molecule has 1 saturated heterocycles. The molecule has 0 unspecified atom stereocenters. The second-order valence-electron chi connectivity index (χ2n) is 7.99. The van der Waals surface area contributed by atoms with Gasteiger partial charge in [0.2, 0.25) is 5.95 Å². The van der Waals surface area contributed by atoms with E-state index in [4.69, 9.17) is 21.3 Å². The average molecular weight is 478 g/mol. The van der Waals surface area contributed by atoms with Crippen molar-refractivity contribution in [2.45, 2.75) is 6.54 Å². The summed E-state index contributed by atoms with van der Waals surface area (Å²) in [5, 5.41) is 11.3. The van der Waals surface area contributed by atoms with Gasteiger partial charge in [-0.25, -0.2) is 20.3 Å². The lowest BCUT2D eigenvalue weighted by molar-refractivity contribution is 0.416. The molecule has 4 aromatic rings. The molecule has 1 aromatic carbocycles. The predicted molar refractivity (Wildman–Crippen MR) is 134 cm³/mol. The molecule has 2 N–H and O–H groups in total. The first-order chi connectivity index (χ1) is 16.7. The van der Waals surface area contributed by atoms with E-state index in [-0.39, 0.29) is 0 Å². The Morgan fingerprint density at radius 2 is 1.94 bits per heavy atom. The monoisotopic (exact) mass is 477 g/mol. The van der Waals surface area contributed by atoms with Gasteiger partial charge >= 0.3 is 0 Å². The second kappa shape index (κ2) is 9.84. The summed E-state index contributed by atoms with van der Waals surface area (Å²) in [5.41, 5.74) is 5.25. The van der Waals surface area contributed by atoms with E-state index in [0.717, 1.165) is 61.0 Å². The van der Waals surface area contributed by atoms with E-state index in [2.05, 4.69) is 36.9 Å². The number of anilines is 3. The highest BCUT2D eigenvalue weighted by Crippen LogP contribution is 2.33. The zero-order chi connectivity index (χ0) is 23.5. The Morgan fingerprint density at radius 3 is 2.74 bits per heavy atom. The van der Waals surface area contributed by atoms with E-state index in [1.54, 1.807) is 19.5 Å². The molecule has 1 radical (unpaired) electrons. The second-order valence-corrected chi connectivity index (χ2v) is 8.40. The molecule has 3 aromatic heterocycles. The highest BCUT2D eigenvalue weighted by molar-refractivity contribution is 6.32. The zero-order valence-electron chi connectivity index (χ0n) is 19.1. The van der Waals surface area contributed by atoms with Gasteiger partial charge in [0.25, 0.3) is 0 Å². The van der Waals surface area contributed by atoms with Gasteiger partial charge in [-0.15, -0.1) is 0 Å². The number of halogens is 1. The Morgan fingerprint density at radius 1 is 1.09 bits per heavy atom. The number of benzene rings is 1. The topological polar surface area (TPSA) is 93.7 Å². The lowest BCUT2D eigenvalue weighted by Gasteiger charge is -2.29. The van der Waals surface area contributed by atoms with Crippen LogP contribution in [-0.2, 0) is 6.54 Å². The third kappa shape index (κ3) is 4.50. The Kier molecular flexibility index (Phi) is 6.48. The number of fused-ring (bicyclic) bond motifs is 1. The molecule has 9 nitrogen and oxygen atoms in total. The Hall–Kier alpha value is -3.40. The minimum atomic E-state index is 0.420. The summed E-state index contributed by atoms with van der Waals surface area (Å²) in [7, 11) is 3.58. The Labute approximate surface area is 203 Å². The van der Waals surface area contributed by atoms with Crippen molar-refractivity contribution in [3.63, 3.8) is 0 Å².